The fourth-order valence-electron chi connectivity index (χ4n) is 10.7. The third-order valence-corrected chi connectivity index (χ3v) is 14.0. The predicted octanol–water partition coefficient (Wildman–Crippen LogP) is 15.3. The van der Waals surface area contributed by atoms with Crippen molar-refractivity contribution >= 4 is 27.8 Å². The van der Waals surface area contributed by atoms with Gasteiger partial charge >= 0.3 is 0 Å². The summed E-state index contributed by atoms with van der Waals surface area (Å²) in [5.41, 5.74) is 19.9. The van der Waals surface area contributed by atoms with Crippen LogP contribution >= 0.6 is 0 Å². The summed E-state index contributed by atoms with van der Waals surface area (Å²) in [5, 5.41) is 2.74. The molecule has 1 fully saturated rings. The second-order valence-corrected chi connectivity index (χ2v) is 18.1. The Hall–Kier alpha value is -5.92. The van der Waals surface area contributed by atoms with Crippen LogP contribution < -0.4 is 4.90 Å². The van der Waals surface area contributed by atoms with Gasteiger partial charge in [-0.15, -0.1) is 0 Å². The van der Waals surface area contributed by atoms with Crippen molar-refractivity contribution in [3.8, 4) is 33.4 Å². The van der Waals surface area contributed by atoms with E-state index in [2.05, 4.69) is 203 Å². The molecule has 0 N–H and O–H groups in total. The van der Waals surface area contributed by atoms with Gasteiger partial charge in [0, 0.05) is 33.7 Å². The topological polar surface area (TPSA) is 3.24 Å². The lowest BCUT2D eigenvalue weighted by atomic mass is 9.78. The largest absolute Gasteiger partial charge is 0.310 e. The molecule has 0 spiro atoms. The van der Waals surface area contributed by atoms with Gasteiger partial charge in [0.1, 0.15) is 0 Å². The van der Waals surface area contributed by atoms with E-state index in [1.165, 1.54) is 96.2 Å². The molecule has 7 aromatic carbocycles. The molecular formula is C56H49N. The summed E-state index contributed by atoms with van der Waals surface area (Å²) in [6.07, 6.45) is 11.9. The van der Waals surface area contributed by atoms with Crippen LogP contribution in [0.5, 0.6) is 0 Å². The molecule has 1 heteroatoms. The van der Waals surface area contributed by atoms with Crippen LogP contribution in [-0.2, 0) is 10.8 Å². The summed E-state index contributed by atoms with van der Waals surface area (Å²) in [6.45, 7) is 11.8. The maximum atomic E-state index is 2.51. The third-order valence-electron chi connectivity index (χ3n) is 14.0. The van der Waals surface area contributed by atoms with Crippen LogP contribution in [0.2, 0.25) is 0 Å². The molecule has 0 aliphatic heterocycles. The lowest BCUT2D eigenvalue weighted by Gasteiger charge is -2.30. The third kappa shape index (κ3) is 5.21. The summed E-state index contributed by atoms with van der Waals surface area (Å²) >= 11 is 0. The van der Waals surface area contributed by atoms with Crippen LogP contribution in [0.15, 0.2) is 164 Å². The molecule has 0 amide bonds. The van der Waals surface area contributed by atoms with E-state index in [-0.39, 0.29) is 10.8 Å². The van der Waals surface area contributed by atoms with E-state index in [0.29, 0.717) is 17.8 Å². The van der Waals surface area contributed by atoms with Gasteiger partial charge in [-0.25, -0.2) is 0 Å². The lowest BCUT2D eigenvalue weighted by Crippen LogP contribution is -2.16. The molecule has 4 aliphatic rings. The van der Waals surface area contributed by atoms with Crippen LogP contribution in [0, 0.1) is 5.92 Å². The Morgan fingerprint density at radius 3 is 1.93 bits per heavy atom. The first-order chi connectivity index (χ1) is 27.7. The lowest BCUT2D eigenvalue weighted by molar-refractivity contribution is 0.634. The number of hydrogen-bond donors (Lipinski definition) is 0. The first-order valence-corrected chi connectivity index (χ1v) is 21.0. The summed E-state index contributed by atoms with van der Waals surface area (Å²) in [5.74, 6) is 1.57. The van der Waals surface area contributed by atoms with E-state index in [1.807, 2.05) is 0 Å². The highest BCUT2D eigenvalue weighted by Gasteiger charge is 2.39. The van der Waals surface area contributed by atoms with Gasteiger partial charge < -0.3 is 4.90 Å². The Morgan fingerprint density at radius 2 is 1.16 bits per heavy atom. The van der Waals surface area contributed by atoms with Gasteiger partial charge in [0.2, 0.25) is 0 Å². The van der Waals surface area contributed by atoms with Gasteiger partial charge in [0.25, 0.3) is 0 Å². The fraction of sp³-hybridized carbons (Fsp3) is 0.214. The predicted molar refractivity (Wildman–Crippen MR) is 241 cm³/mol. The minimum absolute atomic E-state index is 0.0466. The summed E-state index contributed by atoms with van der Waals surface area (Å²) in [6, 6.07) is 53.4. The molecule has 278 valence electrons. The van der Waals surface area contributed by atoms with Crippen molar-refractivity contribution in [2.45, 2.75) is 70.1 Å². The van der Waals surface area contributed by atoms with E-state index < -0.39 is 0 Å². The molecule has 0 saturated heterocycles. The van der Waals surface area contributed by atoms with Gasteiger partial charge in [-0.1, -0.05) is 162 Å². The molecule has 11 rings (SSSR count). The Bertz CT molecular complexity index is 2820. The zero-order chi connectivity index (χ0) is 38.6. The van der Waals surface area contributed by atoms with Crippen molar-refractivity contribution in [3.05, 3.63) is 197 Å². The molecule has 2 atom stereocenters. The van der Waals surface area contributed by atoms with Gasteiger partial charge in [-0.3, -0.25) is 0 Å². The smallest absolute Gasteiger partial charge is 0.0543 e. The monoisotopic (exact) mass is 735 g/mol. The fourth-order valence-corrected chi connectivity index (χ4v) is 10.7. The molecular weight excluding hydrogens is 687 g/mol. The highest BCUT2D eigenvalue weighted by atomic mass is 15.1. The van der Waals surface area contributed by atoms with Crippen molar-refractivity contribution in [1.82, 2.24) is 0 Å². The number of allylic oxidation sites excluding steroid dienone is 4. The summed E-state index contributed by atoms with van der Waals surface area (Å²) in [7, 11) is 0. The van der Waals surface area contributed by atoms with E-state index in [9.17, 15) is 0 Å². The highest BCUT2D eigenvalue weighted by molar-refractivity contribution is 5.97. The number of nitrogens with zero attached hydrogens (tertiary/aromatic N) is 1. The molecule has 0 bridgehead atoms. The van der Waals surface area contributed by atoms with Gasteiger partial charge in [0.15, 0.2) is 0 Å². The summed E-state index contributed by atoms with van der Waals surface area (Å²) < 4.78 is 0. The van der Waals surface area contributed by atoms with Crippen LogP contribution in [-0.4, -0.2) is 0 Å². The highest BCUT2D eigenvalue weighted by Crippen LogP contribution is 2.56. The van der Waals surface area contributed by atoms with Crippen molar-refractivity contribution in [3.63, 3.8) is 0 Å². The Labute approximate surface area is 338 Å². The second kappa shape index (κ2) is 12.5. The van der Waals surface area contributed by atoms with Crippen molar-refractivity contribution in [2.75, 3.05) is 4.90 Å². The van der Waals surface area contributed by atoms with Crippen molar-refractivity contribution < 1.29 is 0 Å². The SMILES string of the molecule is CC1C=CC=CC1c1c(C2CC2)ccc2ccc(-c3ccc(N(c4ccc5c(c4)-c4ccccc4C5(C)C)c4cccc5c4-c4ccccc4C5(C)C)cc3)cc12. The Kier molecular flexibility index (Phi) is 7.55. The zero-order valence-electron chi connectivity index (χ0n) is 33.7. The minimum atomic E-state index is -0.0891. The average Bonchev–Trinajstić information content (AvgIpc) is 4.02. The van der Waals surface area contributed by atoms with Crippen LogP contribution in [0.25, 0.3) is 44.2 Å². The molecule has 0 heterocycles. The minimum Gasteiger partial charge on any atom is -0.310 e. The molecule has 4 aliphatic carbocycles. The van der Waals surface area contributed by atoms with Gasteiger partial charge in [-0.05, 0) is 133 Å². The molecule has 1 saturated carbocycles. The number of fused-ring (bicyclic) bond motifs is 7. The molecule has 2 unspecified atom stereocenters. The van der Waals surface area contributed by atoms with E-state index >= 15 is 0 Å². The maximum absolute atomic E-state index is 2.51. The zero-order valence-corrected chi connectivity index (χ0v) is 33.7. The molecule has 1 nitrogen and oxygen atoms in total. The molecule has 0 radical (unpaired) electrons. The van der Waals surface area contributed by atoms with E-state index in [4.69, 9.17) is 0 Å². The number of hydrogen-bond acceptors (Lipinski definition) is 1. The average molecular weight is 736 g/mol. The van der Waals surface area contributed by atoms with E-state index in [0.717, 1.165) is 5.69 Å². The van der Waals surface area contributed by atoms with Gasteiger partial charge in [-0.2, -0.15) is 0 Å². The molecule has 57 heavy (non-hydrogen) atoms. The Morgan fingerprint density at radius 1 is 0.526 bits per heavy atom. The Balaban J connectivity index is 1.07. The normalized spacial score (nSPS) is 19.2. The summed E-state index contributed by atoms with van der Waals surface area (Å²) in [4.78, 5) is 2.51. The van der Waals surface area contributed by atoms with Crippen LogP contribution in [0.3, 0.4) is 0 Å². The molecule has 7 aromatic rings. The van der Waals surface area contributed by atoms with Crippen molar-refractivity contribution in [2.24, 2.45) is 5.92 Å². The molecule has 0 aromatic heterocycles. The van der Waals surface area contributed by atoms with Crippen LogP contribution in [0.4, 0.5) is 17.1 Å². The number of benzene rings is 7. The second-order valence-electron chi connectivity index (χ2n) is 18.1. The van der Waals surface area contributed by atoms with Crippen LogP contribution in [0.1, 0.15) is 92.7 Å². The standard InChI is InChI=1S/C56H49N/c1-35-13-6-7-14-42(35)53-43(37-21-22-37)31-27-38-23-24-39(33-46(38)53)36-25-28-40(29-26-36)57(41-30-32-50-47(34-41)44-15-8-10-17-48(44)55(50,2)3)52-20-12-19-51-54(52)45-16-9-11-18-49(45)56(51,4)5/h6-20,23-35,37,42H,21-22H2,1-5H3. The first kappa shape index (κ1) is 34.3. The maximum Gasteiger partial charge on any atom is 0.0543 e. The first-order valence-electron chi connectivity index (χ1n) is 21.0. The van der Waals surface area contributed by atoms with Crippen molar-refractivity contribution in [1.29, 1.82) is 0 Å². The van der Waals surface area contributed by atoms with E-state index in [1.54, 1.807) is 5.56 Å². The van der Waals surface area contributed by atoms with Gasteiger partial charge in [0.05, 0.1) is 5.69 Å². The number of rotatable bonds is 6. The quantitative estimate of drug-likeness (QED) is 0.164. The number of anilines is 3.